The van der Waals surface area contributed by atoms with Crippen LogP contribution in [0.3, 0.4) is 0 Å². The number of fused-ring (bicyclic) bond motifs is 1. The summed E-state index contributed by atoms with van der Waals surface area (Å²) in [6.45, 7) is 3.84. The summed E-state index contributed by atoms with van der Waals surface area (Å²) in [6, 6.07) is 13.2. The van der Waals surface area contributed by atoms with Gasteiger partial charge in [-0.3, -0.25) is 19.6 Å². The van der Waals surface area contributed by atoms with Crippen LogP contribution in [0.5, 0.6) is 0 Å². The van der Waals surface area contributed by atoms with Gasteiger partial charge in [0.25, 0.3) is 5.91 Å². The van der Waals surface area contributed by atoms with Crippen LogP contribution in [0.4, 0.5) is 0 Å². The highest BCUT2D eigenvalue weighted by atomic mass is 35.5. The van der Waals surface area contributed by atoms with E-state index in [9.17, 15) is 14.4 Å². The maximum Gasteiger partial charge on any atom is 0.262 e. The van der Waals surface area contributed by atoms with Gasteiger partial charge in [-0.25, -0.2) is 5.48 Å². The first-order valence-corrected chi connectivity index (χ1v) is 12.9. The summed E-state index contributed by atoms with van der Waals surface area (Å²) in [5.74, 6) is -2.38. The van der Waals surface area contributed by atoms with Crippen molar-refractivity contribution in [2.24, 2.45) is 11.8 Å². The Balaban J connectivity index is 1.82. The predicted molar refractivity (Wildman–Crippen MR) is 137 cm³/mol. The molecule has 35 heavy (non-hydrogen) atoms. The van der Waals surface area contributed by atoms with Crippen molar-refractivity contribution in [3.05, 3.63) is 48.0 Å². The molecule has 0 saturated heterocycles. The molecule has 0 heterocycles. The normalized spacial score (nSPS) is 16.9. The summed E-state index contributed by atoms with van der Waals surface area (Å²) in [6.07, 6.45) is 5.83. The molecule has 7 nitrogen and oxygen atoms in total. The van der Waals surface area contributed by atoms with E-state index in [-0.39, 0.29) is 17.9 Å². The first-order chi connectivity index (χ1) is 16.8. The van der Waals surface area contributed by atoms with Crippen LogP contribution in [-0.2, 0) is 20.8 Å². The Bertz CT molecular complexity index is 1020. The van der Waals surface area contributed by atoms with Crippen molar-refractivity contribution in [1.82, 2.24) is 16.1 Å². The van der Waals surface area contributed by atoms with Crippen LogP contribution in [0.1, 0.15) is 57.9 Å². The third-order valence-electron chi connectivity index (χ3n) is 6.61. The standard InChI is InChI=1S/C27H36ClN3O4/c1-17(2)14-22(24(28)27(34)31-35)25(32)30-23(26(33)29-21-10-4-3-5-11-21)16-18-12-13-19-8-6-7-9-20(19)15-18/h6-9,12-13,15,17,21-24,35H,3-5,10-11,14,16H2,1-2H3,(H,29,33)(H,30,32)(H,31,34)/t22-,23+,24-/m1/s1. The lowest BCUT2D eigenvalue weighted by Crippen LogP contribution is -2.53. The highest BCUT2D eigenvalue weighted by Gasteiger charge is 2.35. The molecule has 1 saturated carbocycles. The minimum atomic E-state index is -1.26. The third-order valence-corrected chi connectivity index (χ3v) is 7.12. The lowest BCUT2D eigenvalue weighted by Gasteiger charge is -2.28. The number of alkyl halides is 1. The van der Waals surface area contributed by atoms with Gasteiger partial charge in [-0.2, -0.15) is 0 Å². The number of hydrogen-bond donors (Lipinski definition) is 4. The summed E-state index contributed by atoms with van der Waals surface area (Å²) < 4.78 is 0. The molecule has 3 rings (SSSR count). The van der Waals surface area contributed by atoms with Crippen LogP contribution in [0.25, 0.3) is 10.8 Å². The number of benzene rings is 2. The molecule has 1 fully saturated rings. The molecule has 0 aliphatic heterocycles. The molecule has 1 aliphatic rings. The maximum absolute atomic E-state index is 13.3. The Morgan fingerprint density at radius 3 is 2.31 bits per heavy atom. The number of carbonyl (C=O) groups is 3. The molecular weight excluding hydrogens is 466 g/mol. The molecule has 190 valence electrons. The Hall–Kier alpha value is -2.64. The predicted octanol–water partition coefficient (Wildman–Crippen LogP) is 4.09. The van der Waals surface area contributed by atoms with Gasteiger partial charge in [-0.05, 0) is 41.5 Å². The van der Waals surface area contributed by atoms with Crippen molar-refractivity contribution in [3.8, 4) is 0 Å². The minimum absolute atomic E-state index is 0.0773. The van der Waals surface area contributed by atoms with Crippen molar-refractivity contribution in [2.75, 3.05) is 0 Å². The molecule has 4 N–H and O–H groups in total. The van der Waals surface area contributed by atoms with E-state index in [1.54, 1.807) is 0 Å². The molecular formula is C27H36ClN3O4. The lowest BCUT2D eigenvalue weighted by atomic mass is 9.91. The van der Waals surface area contributed by atoms with Crippen LogP contribution < -0.4 is 16.1 Å². The topological polar surface area (TPSA) is 108 Å². The average molecular weight is 502 g/mol. The Morgan fingerprint density at radius 2 is 1.66 bits per heavy atom. The summed E-state index contributed by atoms with van der Waals surface area (Å²) in [7, 11) is 0. The van der Waals surface area contributed by atoms with E-state index in [0.717, 1.165) is 42.0 Å². The van der Waals surface area contributed by atoms with Crippen molar-refractivity contribution < 1.29 is 19.6 Å². The fourth-order valence-electron chi connectivity index (χ4n) is 4.75. The van der Waals surface area contributed by atoms with E-state index in [0.29, 0.717) is 12.8 Å². The largest absolute Gasteiger partial charge is 0.352 e. The number of nitrogens with one attached hydrogen (secondary N) is 3. The zero-order valence-corrected chi connectivity index (χ0v) is 21.2. The Kier molecular flexibility index (Phi) is 9.93. The number of carbonyl (C=O) groups excluding carboxylic acids is 3. The Morgan fingerprint density at radius 1 is 0.971 bits per heavy atom. The lowest BCUT2D eigenvalue weighted by molar-refractivity contribution is -0.136. The van der Waals surface area contributed by atoms with Crippen LogP contribution in [0.2, 0.25) is 0 Å². The van der Waals surface area contributed by atoms with E-state index in [1.165, 1.54) is 11.9 Å². The fraction of sp³-hybridized carbons (Fsp3) is 0.519. The van der Waals surface area contributed by atoms with Crippen molar-refractivity contribution >= 4 is 40.1 Å². The Labute approximate surface area is 211 Å². The van der Waals surface area contributed by atoms with Gasteiger partial charge in [0.15, 0.2) is 0 Å². The van der Waals surface area contributed by atoms with Crippen molar-refractivity contribution in [1.29, 1.82) is 0 Å². The van der Waals surface area contributed by atoms with Crippen LogP contribution in [0, 0.1) is 11.8 Å². The number of rotatable bonds is 10. The quantitative estimate of drug-likeness (QED) is 0.223. The van der Waals surface area contributed by atoms with Gasteiger partial charge >= 0.3 is 0 Å². The monoisotopic (exact) mass is 501 g/mol. The number of hydrogen-bond acceptors (Lipinski definition) is 4. The van der Waals surface area contributed by atoms with Gasteiger partial charge in [0.05, 0.1) is 5.92 Å². The second-order valence-electron chi connectivity index (χ2n) is 9.90. The van der Waals surface area contributed by atoms with Gasteiger partial charge in [-0.1, -0.05) is 75.6 Å². The van der Waals surface area contributed by atoms with E-state index in [2.05, 4.69) is 10.6 Å². The molecule has 8 heteroatoms. The SMILES string of the molecule is CC(C)C[C@@H](C(=O)N[C@@H](Cc1ccc2ccccc2c1)C(=O)NC1CCCCC1)[C@@H](Cl)C(=O)NO. The van der Waals surface area contributed by atoms with E-state index in [1.807, 2.05) is 56.3 Å². The van der Waals surface area contributed by atoms with E-state index >= 15 is 0 Å². The number of amides is 3. The molecule has 0 bridgehead atoms. The number of hydroxylamine groups is 1. The average Bonchev–Trinajstić information content (AvgIpc) is 2.86. The smallest absolute Gasteiger partial charge is 0.262 e. The zero-order valence-electron chi connectivity index (χ0n) is 20.4. The van der Waals surface area contributed by atoms with Crippen molar-refractivity contribution in [3.63, 3.8) is 0 Å². The van der Waals surface area contributed by atoms with Crippen LogP contribution in [-0.4, -0.2) is 40.4 Å². The summed E-state index contributed by atoms with van der Waals surface area (Å²) in [5.41, 5.74) is 2.45. The van der Waals surface area contributed by atoms with Crippen LogP contribution >= 0.6 is 11.6 Å². The first kappa shape index (κ1) is 27.0. The molecule has 0 radical (unpaired) electrons. The van der Waals surface area contributed by atoms with Gasteiger partial charge in [0.1, 0.15) is 11.4 Å². The highest BCUT2D eigenvalue weighted by molar-refractivity contribution is 6.32. The van der Waals surface area contributed by atoms with E-state index in [4.69, 9.17) is 16.8 Å². The fourth-order valence-corrected chi connectivity index (χ4v) is 5.02. The van der Waals surface area contributed by atoms with Gasteiger partial charge in [0.2, 0.25) is 11.8 Å². The molecule has 0 unspecified atom stereocenters. The highest BCUT2D eigenvalue weighted by Crippen LogP contribution is 2.23. The molecule has 2 aromatic rings. The minimum Gasteiger partial charge on any atom is -0.352 e. The molecule has 0 aromatic heterocycles. The zero-order chi connectivity index (χ0) is 25.4. The molecule has 3 atom stereocenters. The second kappa shape index (κ2) is 12.9. The number of halogens is 1. The summed E-state index contributed by atoms with van der Waals surface area (Å²) in [5, 5.41) is 15.9. The second-order valence-corrected chi connectivity index (χ2v) is 10.4. The molecule has 2 aromatic carbocycles. The molecule has 3 amide bonds. The van der Waals surface area contributed by atoms with Gasteiger partial charge < -0.3 is 10.6 Å². The summed E-state index contributed by atoms with van der Waals surface area (Å²) in [4.78, 5) is 38.6. The molecule has 1 aliphatic carbocycles. The van der Waals surface area contributed by atoms with E-state index < -0.39 is 29.2 Å². The van der Waals surface area contributed by atoms with Crippen molar-refractivity contribution in [2.45, 2.75) is 76.3 Å². The van der Waals surface area contributed by atoms with Gasteiger partial charge in [-0.15, -0.1) is 11.6 Å². The first-order valence-electron chi connectivity index (χ1n) is 12.4. The maximum atomic E-state index is 13.3. The molecule has 0 spiro atoms. The summed E-state index contributed by atoms with van der Waals surface area (Å²) >= 11 is 6.25. The van der Waals surface area contributed by atoms with Gasteiger partial charge in [0, 0.05) is 12.5 Å². The van der Waals surface area contributed by atoms with Crippen LogP contribution in [0.15, 0.2) is 42.5 Å². The third kappa shape index (κ3) is 7.67.